The summed E-state index contributed by atoms with van der Waals surface area (Å²) in [6.07, 6.45) is 5.71. The number of benzene rings is 1. The maximum atomic E-state index is 5.86. The van der Waals surface area contributed by atoms with Gasteiger partial charge < -0.3 is 4.74 Å². The third kappa shape index (κ3) is 4.63. The third-order valence-electron chi connectivity index (χ3n) is 5.62. The molecule has 4 heterocycles. The number of nitrogens with zero attached hydrogens (tertiary/aromatic N) is 3. The summed E-state index contributed by atoms with van der Waals surface area (Å²) >= 11 is 0. The number of rotatable bonds is 7. The average molecular weight is 351 g/mol. The summed E-state index contributed by atoms with van der Waals surface area (Å²) in [5, 5.41) is 0. The van der Waals surface area contributed by atoms with Gasteiger partial charge in [-0.1, -0.05) is 24.3 Å². The Morgan fingerprint density at radius 1 is 0.962 bits per heavy atom. The van der Waals surface area contributed by atoms with E-state index in [1.807, 2.05) is 42.6 Å². The van der Waals surface area contributed by atoms with Crippen LogP contribution in [0, 0.1) is 5.92 Å². The smallest absolute Gasteiger partial charge is 0.119 e. The minimum absolute atomic E-state index is 0.689. The Morgan fingerprint density at radius 2 is 1.85 bits per heavy atom. The SMILES string of the molecule is c1ccc(OCCCN2C[C@H]3CC[C@@H]2CN(Cc2ccccn2)C3)cc1. The van der Waals surface area contributed by atoms with Crippen LogP contribution in [0.3, 0.4) is 0 Å². The van der Waals surface area contributed by atoms with Gasteiger partial charge in [0.25, 0.3) is 0 Å². The first-order valence-corrected chi connectivity index (χ1v) is 9.91. The maximum Gasteiger partial charge on any atom is 0.119 e. The predicted octanol–water partition coefficient (Wildman–Crippen LogP) is 3.45. The van der Waals surface area contributed by atoms with Gasteiger partial charge in [-0.2, -0.15) is 0 Å². The van der Waals surface area contributed by atoms with E-state index in [9.17, 15) is 0 Å². The molecule has 2 aromatic rings. The van der Waals surface area contributed by atoms with Crippen molar-refractivity contribution in [3.05, 3.63) is 60.4 Å². The lowest BCUT2D eigenvalue weighted by atomic mass is 9.95. The van der Waals surface area contributed by atoms with Gasteiger partial charge in [0.1, 0.15) is 5.75 Å². The lowest BCUT2D eigenvalue weighted by molar-refractivity contribution is 0.122. The van der Waals surface area contributed by atoms with Crippen molar-refractivity contribution in [1.82, 2.24) is 14.8 Å². The topological polar surface area (TPSA) is 28.6 Å². The molecule has 0 saturated carbocycles. The second kappa shape index (κ2) is 8.65. The molecule has 0 aliphatic carbocycles. The predicted molar refractivity (Wildman–Crippen MR) is 104 cm³/mol. The largest absolute Gasteiger partial charge is 0.494 e. The average Bonchev–Trinajstić information content (AvgIpc) is 2.97. The zero-order valence-electron chi connectivity index (χ0n) is 15.5. The molecule has 138 valence electrons. The highest BCUT2D eigenvalue weighted by molar-refractivity contribution is 5.20. The summed E-state index contributed by atoms with van der Waals surface area (Å²) in [6, 6.07) is 17.1. The highest BCUT2D eigenvalue weighted by Crippen LogP contribution is 2.28. The molecular weight excluding hydrogens is 322 g/mol. The van der Waals surface area contributed by atoms with Gasteiger partial charge in [0.05, 0.1) is 12.3 Å². The zero-order chi connectivity index (χ0) is 17.6. The molecular formula is C22H29N3O. The fourth-order valence-corrected chi connectivity index (χ4v) is 4.37. The van der Waals surface area contributed by atoms with Crippen molar-refractivity contribution in [2.75, 3.05) is 32.8 Å². The summed E-state index contributed by atoms with van der Waals surface area (Å²) < 4.78 is 5.86. The van der Waals surface area contributed by atoms with E-state index in [4.69, 9.17) is 4.74 Å². The van der Waals surface area contributed by atoms with Crippen molar-refractivity contribution in [2.24, 2.45) is 5.92 Å². The normalized spacial score (nSPS) is 23.7. The second-order valence-electron chi connectivity index (χ2n) is 7.62. The number of piperidine rings is 1. The molecule has 26 heavy (non-hydrogen) atoms. The Kier molecular flexibility index (Phi) is 5.82. The molecule has 4 nitrogen and oxygen atoms in total. The third-order valence-corrected chi connectivity index (χ3v) is 5.62. The fraction of sp³-hybridized carbons (Fsp3) is 0.500. The Bertz CT molecular complexity index is 664. The summed E-state index contributed by atoms with van der Waals surface area (Å²) in [6.45, 7) is 6.56. The van der Waals surface area contributed by atoms with Gasteiger partial charge in [0.15, 0.2) is 0 Å². The molecule has 0 unspecified atom stereocenters. The monoisotopic (exact) mass is 351 g/mol. The van der Waals surface area contributed by atoms with E-state index in [0.29, 0.717) is 6.04 Å². The van der Waals surface area contributed by atoms with Crippen molar-refractivity contribution in [2.45, 2.75) is 31.8 Å². The van der Waals surface area contributed by atoms with E-state index >= 15 is 0 Å². The minimum Gasteiger partial charge on any atom is -0.494 e. The first-order valence-electron chi connectivity index (χ1n) is 9.91. The van der Waals surface area contributed by atoms with E-state index in [0.717, 1.165) is 37.8 Å². The summed E-state index contributed by atoms with van der Waals surface area (Å²) in [5.74, 6) is 1.78. The molecule has 0 radical (unpaired) electrons. The highest BCUT2D eigenvalue weighted by Gasteiger charge is 2.34. The number of ether oxygens (including phenoxy) is 1. The molecule has 3 saturated heterocycles. The van der Waals surface area contributed by atoms with Crippen molar-refractivity contribution in [3.8, 4) is 5.75 Å². The molecule has 1 aromatic heterocycles. The molecule has 0 spiro atoms. The zero-order valence-corrected chi connectivity index (χ0v) is 15.5. The Morgan fingerprint density at radius 3 is 2.69 bits per heavy atom. The van der Waals surface area contributed by atoms with E-state index in [1.54, 1.807) is 0 Å². The van der Waals surface area contributed by atoms with Gasteiger partial charge in [-0.05, 0) is 49.4 Å². The first kappa shape index (κ1) is 17.5. The molecule has 0 amide bonds. The summed E-state index contributed by atoms with van der Waals surface area (Å²) in [4.78, 5) is 9.84. The van der Waals surface area contributed by atoms with Crippen LogP contribution in [0.5, 0.6) is 5.75 Å². The maximum absolute atomic E-state index is 5.86. The number of hydrogen-bond donors (Lipinski definition) is 0. The van der Waals surface area contributed by atoms with Gasteiger partial charge in [0, 0.05) is 45.0 Å². The van der Waals surface area contributed by atoms with Gasteiger partial charge in [-0.3, -0.25) is 14.8 Å². The molecule has 3 fully saturated rings. The van der Waals surface area contributed by atoms with E-state index < -0.39 is 0 Å². The minimum atomic E-state index is 0.689. The van der Waals surface area contributed by atoms with Crippen molar-refractivity contribution in [3.63, 3.8) is 0 Å². The van der Waals surface area contributed by atoms with Gasteiger partial charge >= 0.3 is 0 Å². The van der Waals surface area contributed by atoms with E-state index in [1.165, 1.54) is 38.2 Å². The first-order chi connectivity index (χ1) is 12.9. The molecule has 3 aliphatic rings. The summed E-state index contributed by atoms with van der Waals surface area (Å²) in [7, 11) is 0. The number of hydrogen-bond acceptors (Lipinski definition) is 4. The van der Waals surface area contributed by atoms with Crippen LogP contribution >= 0.6 is 0 Å². The molecule has 5 rings (SSSR count). The van der Waals surface area contributed by atoms with Crippen molar-refractivity contribution in [1.29, 1.82) is 0 Å². The number of aromatic nitrogens is 1. The lowest BCUT2D eigenvalue weighted by Crippen LogP contribution is -2.44. The molecule has 2 atom stereocenters. The van der Waals surface area contributed by atoms with E-state index in [2.05, 4.69) is 26.9 Å². The van der Waals surface area contributed by atoms with Crippen LogP contribution in [0.25, 0.3) is 0 Å². The highest BCUT2D eigenvalue weighted by atomic mass is 16.5. The molecule has 4 heteroatoms. The van der Waals surface area contributed by atoms with Gasteiger partial charge in [-0.15, -0.1) is 0 Å². The number of fused-ring (bicyclic) bond motifs is 4. The van der Waals surface area contributed by atoms with E-state index in [-0.39, 0.29) is 0 Å². The lowest BCUT2D eigenvalue weighted by Gasteiger charge is -2.36. The van der Waals surface area contributed by atoms with Crippen LogP contribution < -0.4 is 4.74 Å². The van der Waals surface area contributed by atoms with Gasteiger partial charge in [-0.25, -0.2) is 0 Å². The molecule has 3 aliphatic heterocycles. The Hall–Kier alpha value is -1.91. The van der Waals surface area contributed by atoms with Crippen LogP contribution in [0.1, 0.15) is 25.0 Å². The number of pyridine rings is 1. The van der Waals surface area contributed by atoms with Crippen LogP contribution in [-0.4, -0.2) is 53.6 Å². The Labute approximate surface area is 156 Å². The van der Waals surface area contributed by atoms with Crippen LogP contribution in [-0.2, 0) is 6.54 Å². The van der Waals surface area contributed by atoms with Crippen LogP contribution in [0.2, 0.25) is 0 Å². The molecule has 2 bridgehead atoms. The molecule has 0 N–H and O–H groups in total. The van der Waals surface area contributed by atoms with Crippen molar-refractivity contribution >= 4 is 0 Å². The second-order valence-corrected chi connectivity index (χ2v) is 7.62. The Balaban J connectivity index is 1.26. The standard InChI is InChI=1S/C22H29N3O/c1-2-8-22(9-3-1)26-14-6-13-25-16-19-10-11-21(25)18-24(15-19)17-20-7-4-5-12-23-20/h1-5,7-9,12,19,21H,6,10-11,13-18H2/t19-,21+/m0/s1. The number of para-hydroxylation sites is 1. The quantitative estimate of drug-likeness (QED) is 0.715. The van der Waals surface area contributed by atoms with Crippen LogP contribution in [0.15, 0.2) is 54.7 Å². The fourth-order valence-electron chi connectivity index (χ4n) is 4.37. The molecule has 1 aromatic carbocycles. The van der Waals surface area contributed by atoms with Gasteiger partial charge in [0.2, 0.25) is 0 Å². The van der Waals surface area contributed by atoms with Crippen LogP contribution in [0.4, 0.5) is 0 Å². The van der Waals surface area contributed by atoms with Crippen molar-refractivity contribution < 1.29 is 4.74 Å². The summed E-state index contributed by atoms with van der Waals surface area (Å²) in [5.41, 5.74) is 1.19.